The lowest BCUT2D eigenvalue weighted by Gasteiger charge is -2.16. The highest BCUT2D eigenvalue weighted by molar-refractivity contribution is 5.85. The summed E-state index contributed by atoms with van der Waals surface area (Å²) < 4.78 is 34.8. The first-order chi connectivity index (χ1) is 9.44. The van der Waals surface area contributed by atoms with Crippen molar-refractivity contribution in [3.63, 3.8) is 0 Å². The molecule has 0 saturated carbocycles. The van der Waals surface area contributed by atoms with Crippen molar-refractivity contribution >= 4 is 11.4 Å². The zero-order valence-electron chi connectivity index (χ0n) is 11.1. The summed E-state index contributed by atoms with van der Waals surface area (Å²) in [5.74, 6) is -2.56. The summed E-state index contributed by atoms with van der Waals surface area (Å²) in [6, 6.07) is 3.26. The van der Waals surface area contributed by atoms with E-state index in [9.17, 15) is 8.78 Å². The molecule has 0 bridgehead atoms. The Kier molecular flexibility index (Phi) is 2.60. The molecule has 0 fully saturated rings. The van der Waals surface area contributed by atoms with Crippen molar-refractivity contribution in [1.82, 2.24) is 9.78 Å². The van der Waals surface area contributed by atoms with E-state index in [0.717, 1.165) is 0 Å². The van der Waals surface area contributed by atoms with Gasteiger partial charge in [0.25, 0.3) is 0 Å². The fourth-order valence-electron chi connectivity index (χ4n) is 2.50. The third kappa shape index (κ3) is 1.70. The van der Waals surface area contributed by atoms with Gasteiger partial charge in [-0.15, -0.1) is 0 Å². The molecule has 1 aliphatic heterocycles. The second-order valence-corrected chi connectivity index (χ2v) is 4.73. The summed E-state index contributed by atoms with van der Waals surface area (Å²) in [6.45, 7) is -0.500. The molecule has 0 aliphatic carbocycles. The molecule has 3 N–H and O–H groups in total. The first-order valence-corrected chi connectivity index (χ1v) is 6.06. The number of alkyl halides is 2. The zero-order valence-corrected chi connectivity index (χ0v) is 11.1. The highest BCUT2D eigenvalue weighted by Gasteiger charge is 2.40. The molecular formula is C13H14F2N4O. The highest BCUT2D eigenvalue weighted by atomic mass is 19.3. The maximum absolute atomic E-state index is 14.2. The Hall–Kier alpha value is -2.31. The molecule has 1 aromatic carbocycles. The van der Waals surface area contributed by atoms with Crippen LogP contribution >= 0.6 is 0 Å². The van der Waals surface area contributed by atoms with Crippen LogP contribution in [0.5, 0.6) is 5.75 Å². The molecule has 0 atom stereocenters. The Morgan fingerprint density at radius 1 is 1.40 bits per heavy atom. The average molecular weight is 280 g/mol. The average Bonchev–Trinajstić information content (AvgIpc) is 2.74. The highest BCUT2D eigenvalue weighted by Crippen LogP contribution is 2.44. The van der Waals surface area contributed by atoms with E-state index in [1.807, 2.05) is 0 Å². The van der Waals surface area contributed by atoms with Crippen LogP contribution in [-0.4, -0.2) is 23.4 Å². The van der Waals surface area contributed by atoms with Crippen LogP contribution in [0.4, 0.5) is 20.2 Å². The number of anilines is 2. The first kappa shape index (κ1) is 12.7. The van der Waals surface area contributed by atoms with E-state index in [1.165, 1.54) is 25.0 Å². The quantitative estimate of drug-likeness (QED) is 0.786. The van der Waals surface area contributed by atoms with Gasteiger partial charge in [0.05, 0.1) is 25.5 Å². The molecule has 1 aromatic heterocycles. The van der Waals surface area contributed by atoms with E-state index in [2.05, 4.69) is 10.4 Å². The van der Waals surface area contributed by atoms with Crippen molar-refractivity contribution in [2.45, 2.75) is 5.92 Å². The third-order valence-electron chi connectivity index (χ3n) is 3.45. The summed E-state index contributed by atoms with van der Waals surface area (Å²) in [4.78, 5) is 0. The number of rotatable bonds is 1. The summed E-state index contributed by atoms with van der Waals surface area (Å²) in [5.41, 5.74) is 7.69. The molecule has 2 heterocycles. The first-order valence-electron chi connectivity index (χ1n) is 6.06. The molecule has 20 heavy (non-hydrogen) atoms. The summed E-state index contributed by atoms with van der Waals surface area (Å²) in [6.07, 6.45) is 1.43. The lowest BCUT2D eigenvalue weighted by Crippen LogP contribution is -2.26. The monoisotopic (exact) mass is 280 g/mol. The van der Waals surface area contributed by atoms with Gasteiger partial charge in [0.2, 0.25) is 0 Å². The van der Waals surface area contributed by atoms with Gasteiger partial charge in [0.15, 0.2) is 0 Å². The number of methoxy groups -OCH3 is 1. The number of nitrogens with two attached hydrogens (primary N) is 1. The van der Waals surface area contributed by atoms with Crippen LogP contribution in [0.1, 0.15) is 5.69 Å². The van der Waals surface area contributed by atoms with E-state index in [-0.39, 0.29) is 5.69 Å². The summed E-state index contributed by atoms with van der Waals surface area (Å²) in [5, 5.41) is 6.69. The number of nitrogen functional groups attached to an aromatic ring is 1. The van der Waals surface area contributed by atoms with E-state index >= 15 is 0 Å². The summed E-state index contributed by atoms with van der Waals surface area (Å²) >= 11 is 0. The van der Waals surface area contributed by atoms with Gasteiger partial charge in [-0.3, -0.25) is 4.68 Å². The number of hydrogen-bond donors (Lipinski definition) is 2. The third-order valence-corrected chi connectivity index (χ3v) is 3.45. The molecule has 0 unspecified atom stereocenters. The number of fused-ring (bicyclic) bond motifs is 3. The number of aryl methyl sites for hydroxylation is 1. The molecule has 0 radical (unpaired) electrons. The van der Waals surface area contributed by atoms with E-state index in [1.54, 1.807) is 12.1 Å². The Morgan fingerprint density at radius 3 is 2.85 bits per heavy atom. The number of aromatic nitrogens is 2. The fraction of sp³-hybridized carbons (Fsp3) is 0.308. The molecule has 0 amide bonds. The van der Waals surface area contributed by atoms with Crippen LogP contribution in [0.3, 0.4) is 0 Å². The topological polar surface area (TPSA) is 65.1 Å². The number of nitrogens with one attached hydrogen (secondary N) is 1. The number of nitrogens with zero attached hydrogens (tertiary/aromatic N) is 2. The van der Waals surface area contributed by atoms with Crippen LogP contribution in [0.15, 0.2) is 18.3 Å². The fourth-order valence-corrected chi connectivity index (χ4v) is 2.50. The van der Waals surface area contributed by atoms with Crippen LogP contribution in [0, 0.1) is 0 Å². The van der Waals surface area contributed by atoms with Crippen molar-refractivity contribution in [2.24, 2.45) is 7.05 Å². The number of ether oxygens (including phenoxy) is 1. The van der Waals surface area contributed by atoms with Gasteiger partial charge in [-0.05, 0) is 6.07 Å². The number of halogens is 2. The van der Waals surface area contributed by atoms with Gasteiger partial charge in [-0.25, -0.2) is 0 Å². The van der Waals surface area contributed by atoms with E-state index in [4.69, 9.17) is 10.5 Å². The maximum Gasteiger partial charge on any atom is 0.306 e. The largest absolute Gasteiger partial charge is 0.495 e. The molecule has 0 saturated heterocycles. The van der Waals surface area contributed by atoms with Gasteiger partial charge < -0.3 is 15.8 Å². The van der Waals surface area contributed by atoms with Crippen molar-refractivity contribution < 1.29 is 13.5 Å². The normalized spacial score (nSPS) is 15.8. The Bertz CT molecular complexity index is 681. The van der Waals surface area contributed by atoms with E-state index in [0.29, 0.717) is 28.3 Å². The van der Waals surface area contributed by atoms with Gasteiger partial charge in [-0.1, -0.05) is 0 Å². The van der Waals surface area contributed by atoms with Gasteiger partial charge in [0.1, 0.15) is 11.4 Å². The second-order valence-electron chi connectivity index (χ2n) is 4.73. The molecule has 2 aromatic rings. The smallest absolute Gasteiger partial charge is 0.306 e. The summed E-state index contributed by atoms with van der Waals surface area (Å²) in [7, 11) is 2.99. The predicted molar refractivity (Wildman–Crippen MR) is 72.0 cm³/mol. The minimum absolute atomic E-state index is 0.117. The number of benzene rings is 1. The van der Waals surface area contributed by atoms with E-state index < -0.39 is 12.5 Å². The molecular weight excluding hydrogens is 266 g/mol. The lowest BCUT2D eigenvalue weighted by atomic mass is 10.0. The second kappa shape index (κ2) is 4.09. The Balaban J connectivity index is 2.29. The van der Waals surface area contributed by atoms with Crippen LogP contribution in [-0.2, 0) is 13.0 Å². The molecule has 106 valence electrons. The number of hydrogen-bond acceptors (Lipinski definition) is 4. The molecule has 0 spiro atoms. The van der Waals surface area contributed by atoms with Crippen molar-refractivity contribution in [2.75, 3.05) is 24.7 Å². The standard InChI is InChI=1S/C13H14F2N4O/c1-19-12-8(5-18-19)7-3-9(16)11(20-2)4-10(7)17-6-13(12,14)15/h3-5,17H,6,16H2,1-2H3. The van der Waals surface area contributed by atoms with Crippen LogP contribution < -0.4 is 15.8 Å². The molecule has 1 aliphatic rings. The molecule has 5 nitrogen and oxygen atoms in total. The zero-order chi connectivity index (χ0) is 14.5. The van der Waals surface area contributed by atoms with Gasteiger partial charge in [0, 0.05) is 29.9 Å². The van der Waals surface area contributed by atoms with Gasteiger partial charge >= 0.3 is 5.92 Å². The predicted octanol–water partition coefficient (Wildman–Crippen LogP) is 2.20. The molecule has 7 heteroatoms. The molecule has 3 rings (SSSR count). The lowest BCUT2D eigenvalue weighted by molar-refractivity contribution is 0.00329. The Labute approximate surface area is 114 Å². The minimum Gasteiger partial charge on any atom is -0.495 e. The van der Waals surface area contributed by atoms with Crippen molar-refractivity contribution in [3.8, 4) is 16.9 Å². The Morgan fingerprint density at radius 2 is 2.15 bits per heavy atom. The van der Waals surface area contributed by atoms with Crippen LogP contribution in [0.2, 0.25) is 0 Å². The maximum atomic E-state index is 14.2. The van der Waals surface area contributed by atoms with Crippen molar-refractivity contribution in [1.29, 1.82) is 0 Å². The van der Waals surface area contributed by atoms with Crippen molar-refractivity contribution in [3.05, 3.63) is 24.0 Å². The van der Waals surface area contributed by atoms with Crippen LogP contribution in [0.25, 0.3) is 11.1 Å². The SMILES string of the molecule is COc1cc2c(cc1N)-c1cnn(C)c1C(F)(F)CN2. The minimum atomic E-state index is -3.01. The van der Waals surface area contributed by atoms with Gasteiger partial charge in [-0.2, -0.15) is 13.9 Å².